The van der Waals surface area contributed by atoms with Crippen molar-refractivity contribution in [3.63, 3.8) is 0 Å². The fraction of sp³-hybridized carbons (Fsp3) is 0.500. The largest absolute Gasteiger partial charge is 0.477 e. The fourth-order valence-electron chi connectivity index (χ4n) is 1.51. The van der Waals surface area contributed by atoms with Gasteiger partial charge >= 0.3 is 5.97 Å². The number of H-pyrrole nitrogens is 1. The van der Waals surface area contributed by atoms with E-state index in [4.69, 9.17) is 17.3 Å². The number of carboxylic acids is 1. The molecule has 1 heterocycles. The van der Waals surface area contributed by atoms with Crippen LogP contribution in [0.1, 0.15) is 35.1 Å². The maximum Gasteiger partial charge on any atom is 0.354 e. The lowest BCUT2D eigenvalue weighted by atomic mass is 10.3. The van der Waals surface area contributed by atoms with Crippen molar-refractivity contribution >= 4 is 18.2 Å². The summed E-state index contributed by atoms with van der Waals surface area (Å²) < 4.78 is 2.24. The van der Waals surface area contributed by atoms with Gasteiger partial charge in [-0.3, -0.25) is 0 Å². The molecule has 1 saturated carbocycles. The van der Waals surface area contributed by atoms with Crippen molar-refractivity contribution in [2.24, 2.45) is 0 Å². The molecule has 0 unspecified atom stereocenters. The number of aromatic carboxylic acids is 1. The fourth-order valence-corrected chi connectivity index (χ4v) is 1.90. The van der Waals surface area contributed by atoms with E-state index >= 15 is 0 Å². The van der Waals surface area contributed by atoms with Crippen LogP contribution in [0.5, 0.6) is 0 Å². The molecule has 0 aromatic carbocycles. The molecule has 1 aliphatic carbocycles. The molecule has 2 rings (SSSR count). The quantitative estimate of drug-likeness (QED) is 0.713. The summed E-state index contributed by atoms with van der Waals surface area (Å²) in [5.74, 6) is -0.906. The number of rotatable bonds is 2. The van der Waals surface area contributed by atoms with E-state index in [-0.39, 0.29) is 0 Å². The summed E-state index contributed by atoms with van der Waals surface area (Å²) in [7, 11) is 0. The highest BCUT2D eigenvalue weighted by molar-refractivity contribution is 7.71. The first-order valence-corrected chi connectivity index (χ1v) is 4.56. The number of nitrogens with zero attached hydrogens (tertiary/aromatic N) is 1. The monoisotopic (exact) mass is 198 g/mol. The molecule has 0 atom stereocenters. The van der Waals surface area contributed by atoms with Crippen LogP contribution >= 0.6 is 12.2 Å². The molecule has 0 amide bonds. The molecule has 1 aromatic heterocycles. The first-order valence-electron chi connectivity index (χ1n) is 4.15. The molecule has 2 N–H and O–H groups in total. The van der Waals surface area contributed by atoms with Gasteiger partial charge in [0.2, 0.25) is 0 Å². The van der Waals surface area contributed by atoms with Crippen molar-refractivity contribution in [2.75, 3.05) is 0 Å². The Labute approximate surface area is 80.2 Å². The van der Waals surface area contributed by atoms with E-state index in [1.807, 2.05) is 0 Å². The molecule has 1 aromatic rings. The van der Waals surface area contributed by atoms with Gasteiger partial charge in [-0.15, -0.1) is 0 Å². The minimum absolute atomic E-state index is 0.309. The summed E-state index contributed by atoms with van der Waals surface area (Å²) in [6, 6.07) is 0.309. The molecule has 0 radical (unpaired) electrons. The number of imidazole rings is 1. The van der Waals surface area contributed by atoms with Gasteiger partial charge in [-0.1, -0.05) is 0 Å². The van der Waals surface area contributed by atoms with E-state index in [1.54, 1.807) is 11.5 Å². The smallest absolute Gasteiger partial charge is 0.354 e. The van der Waals surface area contributed by atoms with Crippen LogP contribution < -0.4 is 0 Å². The Kier molecular flexibility index (Phi) is 1.76. The van der Waals surface area contributed by atoms with E-state index in [0.717, 1.165) is 12.8 Å². The first-order chi connectivity index (χ1) is 6.11. The Bertz CT molecular complexity index is 414. The third-order valence-corrected chi connectivity index (χ3v) is 2.52. The number of aromatic nitrogens is 2. The molecule has 1 fully saturated rings. The molecule has 70 valence electrons. The molecule has 1 aliphatic rings. The van der Waals surface area contributed by atoms with Gasteiger partial charge in [-0.25, -0.2) is 4.79 Å². The number of hydrogen-bond acceptors (Lipinski definition) is 2. The van der Waals surface area contributed by atoms with Gasteiger partial charge in [0, 0.05) is 11.7 Å². The minimum atomic E-state index is -0.906. The highest BCUT2D eigenvalue weighted by Gasteiger charge is 2.29. The normalized spacial score (nSPS) is 16.1. The van der Waals surface area contributed by atoms with E-state index in [9.17, 15) is 4.79 Å². The number of aryl methyl sites for hydroxylation is 1. The maximum absolute atomic E-state index is 10.9. The molecule has 0 bridgehead atoms. The lowest BCUT2D eigenvalue weighted by Gasteiger charge is -2.01. The van der Waals surface area contributed by atoms with Gasteiger partial charge in [0.15, 0.2) is 4.77 Å². The van der Waals surface area contributed by atoms with E-state index in [2.05, 4.69) is 4.98 Å². The van der Waals surface area contributed by atoms with Crippen molar-refractivity contribution in [3.8, 4) is 0 Å². The average Bonchev–Trinajstić information content (AvgIpc) is 2.77. The molecule has 5 heteroatoms. The summed E-state index contributed by atoms with van der Waals surface area (Å²) in [5, 5.41) is 8.95. The van der Waals surface area contributed by atoms with Crippen LogP contribution in [0, 0.1) is 11.7 Å². The van der Waals surface area contributed by atoms with Gasteiger partial charge in [0.1, 0.15) is 5.69 Å². The maximum atomic E-state index is 10.9. The van der Waals surface area contributed by atoms with Gasteiger partial charge in [-0.2, -0.15) is 0 Å². The van der Waals surface area contributed by atoms with Crippen LogP contribution in [-0.4, -0.2) is 20.6 Å². The lowest BCUT2D eigenvalue weighted by molar-refractivity contribution is 0.0684. The number of aromatic amines is 1. The third-order valence-electron chi connectivity index (χ3n) is 2.22. The zero-order chi connectivity index (χ0) is 9.59. The molecular formula is C8H10N2O2S. The number of carbonyl (C=O) groups is 1. The summed E-state index contributed by atoms with van der Waals surface area (Å²) in [4.78, 5) is 13.8. The van der Waals surface area contributed by atoms with Crippen LogP contribution in [0.15, 0.2) is 0 Å². The third kappa shape index (κ3) is 1.29. The molecule has 0 spiro atoms. The van der Waals surface area contributed by atoms with Crippen LogP contribution in [0.4, 0.5) is 0 Å². The van der Waals surface area contributed by atoms with Gasteiger partial charge in [0.05, 0.1) is 0 Å². The van der Waals surface area contributed by atoms with Crippen LogP contribution in [0.2, 0.25) is 0 Å². The van der Waals surface area contributed by atoms with Crippen LogP contribution in [-0.2, 0) is 0 Å². The summed E-state index contributed by atoms with van der Waals surface area (Å²) >= 11 is 5.04. The van der Waals surface area contributed by atoms with Gasteiger partial charge in [0.25, 0.3) is 0 Å². The number of nitrogens with one attached hydrogen (secondary N) is 1. The first kappa shape index (κ1) is 8.50. The van der Waals surface area contributed by atoms with E-state index < -0.39 is 5.97 Å². The highest BCUT2D eigenvalue weighted by Crippen LogP contribution is 2.36. The molecular weight excluding hydrogens is 188 g/mol. The van der Waals surface area contributed by atoms with E-state index in [0.29, 0.717) is 22.2 Å². The minimum Gasteiger partial charge on any atom is -0.477 e. The summed E-state index contributed by atoms with van der Waals surface area (Å²) in [5.41, 5.74) is 0.955. The topological polar surface area (TPSA) is 58.0 Å². The number of hydrogen-bond donors (Lipinski definition) is 2. The predicted molar refractivity (Wildman–Crippen MR) is 49.6 cm³/mol. The van der Waals surface area contributed by atoms with Crippen molar-refractivity contribution in [1.82, 2.24) is 9.55 Å². The zero-order valence-electron chi connectivity index (χ0n) is 7.20. The Balaban J connectivity index is 2.63. The SMILES string of the molecule is Cc1[nH]c(=S)n(C2CC2)c1C(=O)O. The summed E-state index contributed by atoms with van der Waals surface area (Å²) in [6.45, 7) is 1.73. The van der Waals surface area contributed by atoms with Crippen molar-refractivity contribution in [2.45, 2.75) is 25.8 Å². The lowest BCUT2D eigenvalue weighted by Crippen LogP contribution is -2.08. The molecule has 0 saturated heterocycles. The van der Waals surface area contributed by atoms with Gasteiger partial charge < -0.3 is 14.7 Å². The van der Waals surface area contributed by atoms with Crippen molar-refractivity contribution in [1.29, 1.82) is 0 Å². The second kappa shape index (κ2) is 2.70. The standard InChI is InChI=1S/C8H10N2O2S/c1-4-6(7(11)12)10(5-2-3-5)8(13)9-4/h5H,2-3H2,1H3,(H,9,13)(H,11,12). The second-order valence-corrected chi connectivity index (χ2v) is 3.70. The average molecular weight is 198 g/mol. The van der Waals surface area contributed by atoms with Crippen molar-refractivity contribution in [3.05, 3.63) is 16.2 Å². The van der Waals surface area contributed by atoms with E-state index in [1.165, 1.54) is 0 Å². The second-order valence-electron chi connectivity index (χ2n) is 3.31. The zero-order valence-corrected chi connectivity index (χ0v) is 8.02. The summed E-state index contributed by atoms with van der Waals surface area (Å²) in [6.07, 6.45) is 2.07. The van der Waals surface area contributed by atoms with Crippen LogP contribution in [0.3, 0.4) is 0 Å². The Morgan fingerprint density at radius 2 is 2.31 bits per heavy atom. The highest BCUT2D eigenvalue weighted by atomic mass is 32.1. The molecule has 13 heavy (non-hydrogen) atoms. The Morgan fingerprint density at radius 1 is 1.69 bits per heavy atom. The Morgan fingerprint density at radius 3 is 2.77 bits per heavy atom. The molecule has 4 nitrogen and oxygen atoms in total. The molecule has 0 aliphatic heterocycles. The van der Waals surface area contributed by atoms with Crippen LogP contribution in [0.25, 0.3) is 0 Å². The Hall–Kier alpha value is -1.10. The van der Waals surface area contributed by atoms with Crippen molar-refractivity contribution < 1.29 is 9.90 Å². The predicted octanol–water partition coefficient (Wildman–Crippen LogP) is 1.89. The number of carboxylic acid groups (broad SMARTS) is 1. The van der Waals surface area contributed by atoms with Gasteiger partial charge in [-0.05, 0) is 32.0 Å².